The van der Waals surface area contributed by atoms with Crippen molar-refractivity contribution in [1.29, 1.82) is 0 Å². The third-order valence-corrected chi connectivity index (χ3v) is 3.89. The first-order valence-electron chi connectivity index (χ1n) is 5.47. The fourth-order valence-electron chi connectivity index (χ4n) is 1.61. The van der Waals surface area contributed by atoms with E-state index in [1.165, 1.54) is 0 Å². The van der Waals surface area contributed by atoms with Gasteiger partial charge < -0.3 is 4.74 Å². The van der Waals surface area contributed by atoms with E-state index < -0.39 is 16.3 Å². The Morgan fingerprint density at radius 3 is 2.50 bits per heavy atom. The SMILES string of the molecule is COC(=O)NS(=O)(=O)Nc1ccc2cc(Br)ccc2c1. The highest BCUT2D eigenvalue weighted by atomic mass is 79.9. The van der Waals surface area contributed by atoms with Crippen molar-refractivity contribution in [2.45, 2.75) is 0 Å². The summed E-state index contributed by atoms with van der Waals surface area (Å²) in [5, 5.41) is 1.83. The molecule has 0 aromatic heterocycles. The normalized spacial score (nSPS) is 11.1. The molecule has 0 spiro atoms. The Balaban J connectivity index is 2.26. The molecule has 6 nitrogen and oxygen atoms in total. The molecule has 0 atom stereocenters. The maximum Gasteiger partial charge on any atom is 0.422 e. The molecule has 0 fully saturated rings. The average molecular weight is 359 g/mol. The van der Waals surface area contributed by atoms with Crippen molar-refractivity contribution >= 4 is 48.7 Å². The molecule has 2 aromatic carbocycles. The molecule has 0 aliphatic heterocycles. The van der Waals surface area contributed by atoms with Crippen molar-refractivity contribution in [2.24, 2.45) is 0 Å². The van der Waals surface area contributed by atoms with E-state index in [-0.39, 0.29) is 0 Å². The van der Waals surface area contributed by atoms with Gasteiger partial charge in [-0.05, 0) is 35.0 Å². The van der Waals surface area contributed by atoms with Crippen LogP contribution in [-0.4, -0.2) is 21.6 Å². The number of carbonyl (C=O) groups is 1. The molecule has 0 saturated carbocycles. The van der Waals surface area contributed by atoms with Crippen LogP contribution in [0.15, 0.2) is 40.9 Å². The summed E-state index contributed by atoms with van der Waals surface area (Å²) in [6.07, 6.45) is -1.05. The first kappa shape index (κ1) is 14.6. The molecule has 0 saturated heterocycles. The van der Waals surface area contributed by atoms with Gasteiger partial charge in [-0.1, -0.05) is 28.1 Å². The van der Waals surface area contributed by atoms with Crippen molar-refractivity contribution in [3.05, 3.63) is 40.9 Å². The fourth-order valence-corrected chi connectivity index (χ4v) is 2.78. The van der Waals surface area contributed by atoms with Crippen LogP contribution in [0.1, 0.15) is 0 Å². The molecule has 0 unspecified atom stereocenters. The van der Waals surface area contributed by atoms with E-state index in [1.54, 1.807) is 22.9 Å². The number of fused-ring (bicyclic) bond motifs is 1. The van der Waals surface area contributed by atoms with Gasteiger partial charge in [0.2, 0.25) is 0 Å². The highest BCUT2D eigenvalue weighted by Crippen LogP contribution is 2.23. The topological polar surface area (TPSA) is 84.5 Å². The summed E-state index contributed by atoms with van der Waals surface area (Å²) < 4.78 is 32.4. The number of ether oxygens (including phenoxy) is 1. The fraction of sp³-hybridized carbons (Fsp3) is 0.0833. The molecular formula is C12H11BrN2O4S. The number of amides is 1. The zero-order valence-electron chi connectivity index (χ0n) is 10.4. The van der Waals surface area contributed by atoms with Gasteiger partial charge >= 0.3 is 16.3 Å². The smallest absolute Gasteiger partial charge is 0.422 e. The molecule has 0 radical (unpaired) electrons. The van der Waals surface area contributed by atoms with Crippen LogP contribution < -0.4 is 9.44 Å². The Morgan fingerprint density at radius 1 is 1.15 bits per heavy atom. The van der Waals surface area contributed by atoms with Gasteiger partial charge in [0.05, 0.1) is 12.8 Å². The van der Waals surface area contributed by atoms with Crippen molar-refractivity contribution in [3.63, 3.8) is 0 Å². The predicted octanol–water partition coefficient (Wildman–Crippen LogP) is 2.62. The molecule has 20 heavy (non-hydrogen) atoms. The minimum absolute atomic E-state index is 0.344. The summed E-state index contributed by atoms with van der Waals surface area (Å²) in [4.78, 5) is 10.9. The summed E-state index contributed by atoms with van der Waals surface area (Å²) in [6, 6.07) is 10.7. The summed E-state index contributed by atoms with van der Waals surface area (Å²) in [7, 11) is -2.92. The van der Waals surface area contributed by atoms with Gasteiger partial charge in [0.1, 0.15) is 0 Å². The quantitative estimate of drug-likeness (QED) is 0.882. The van der Waals surface area contributed by atoms with E-state index in [0.29, 0.717) is 5.69 Å². The number of halogens is 1. The van der Waals surface area contributed by atoms with Crippen LogP contribution in [0.2, 0.25) is 0 Å². The Kier molecular flexibility index (Phi) is 4.15. The highest BCUT2D eigenvalue weighted by Gasteiger charge is 2.14. The lowest BCUT2D eigenvalue weighted by Crippen LogP contribution is -2.35. The van der Waals surface area contributed by atoms with E-state index in [9.17, 15) is 13.2 Å². The van der Waals surface area contributed by atoms with Crippen LogP contribution in [0.4, 0.5) is 10.5 Å². The Morgan fingerprint density at radius 2 is 1.80 bits per heavy atom. The van der Waals surface area contributed by atoms with Crippen LogP contribution in [0.5, 0.6) is 0 Å². The highest BCUT2D eigenvalue weighted by molar-refractivity contribution is 9.10. The van der Waals surface area contributed by atoms with Crippen molar-refractivity contribution < 1.29 is 17.9 Å². The van der Waals surface area contributed by atoms with Crippen LogP contribution >= 0.6 is 15.9 Å². The molecule has 2 aromatic rings. The van der Waals surface area contributed by atoms with E-state index >= 15 is 0 Å². The molecular weight excluding hydrogens is 348 g/mol. The zero-order chi connectivity index (χ0) is 14.8. The lowest BCUT2D eigenvalue weighted by atomic mass is 10.1. The maximum atomic E-state index is 11.6. The predicted molar refractivity (Wildman–Crippen MR) is 79.7 cm³/mol. The second-order valence-corrected chi connectivity index (χ2v) is 6.24. The number of nitrogens with one attached hydrogen (secondary N) is 2. The molecule has 8 heteroatoms. The number of anilines is 1. The Hall–Kier alpha value is -1.80. The second-order valence-electron chi connectivity index (χ2n) is 3.91. The zero-order valence-corrected chi connectivity index (χ0v) is 12.8. The van der Waals surface area contributed by atoms with Crippen LogP contribution in [0.3, 0.4) is 0 Å². The van der Waals surface area contributed by atoms with Gasteiger partial charge in [0.15, 0.2) is 0 Å². The first-order chi connectivity index (χ1) is 9.39. The van der Waals surface area contributed by atoms with Gasteiger partial charge in [-0.15, -0.1) is 0 Å². The minimum Gasteiger partial charge on any atom is -0.452 e. The molecule has 0 bridgehead atoms. The molecule has 106 valence electrons. The standard InChI is InChI=1S/C12H11BrN2O4S/c1-19-12(16)15-20(17,18)14-11-5-3-8-6-10(13)4-2-9(8)7-11/h2-7,14H,1H3,(H,15,16). The van der Waals surface area contributed by atoms with Gasteiger partial charge in [-0.25, -0.2) is 9.52 Å². The van der Waals surface area contributed by atoms with Crippen molar-refractivity contribution in [1.82, 2.24) is 4.72 Å². The summed E-state index contributed by atoms with van der Waals surface area (Å²) in [5.74, 6) is 0. The average Bonchev–Trinajstić information content (AvgIpc) is 2.37. The van der Waals surface area contributed by atoms with E-state index in [0.717, 1.165) is 22.4 Å². The third-order valence-electron chi connectivity index (χ3n) is 2.46. The number of hydrogen-bond acceptors (Lipinski definition) is 4. The molecule has 2 rings (SSSR count). The summed E-state index contributed by atoms with van der Waals surface area (Å²) >= 11 is 3.36. The number of hydrogen-bond donors (Lipinski definition) is 2. The third kappa shape index (κ3) is 3.61. The number of carbonyl (C=O) groups excluding carboxylic acids is 1. The molecule has 0 heterocycles. The van der Waals surface area contributed by atoms with Gasteiger partial charge in [-0.2, -0.15) is 8.42 Å². The molecule has 0 aliphatic rings. The Labute approximate surface area is 124 Å². The van der Waals surface area contributed by atoms with Crippen LogP contribution in [-0.2, 0) is 14.9 Å². The monoisotopic (exact) mass is 358 g/mol. The van der Waals surface area contributed by atoms with Crippen molar-refractivity contribution in [2.75, 3.05) is 11.8 Å². The van der Waals surface area contributed by atoms with E-state index in [4.69, 9.17) is 0 Å². The van der Waals surface area contributed by atoms with Crippen LogP contribution in [0.25, 0.3) is 10.8 Å². The largest absolute Gasteiger partial charge is 0.452 e. The number of rotatable bonds is 3. The van der Waals surface area contributed by atoms with Gasteiger partial charge in [0, 0.05) is 4.47 Å². The Bertz CT molecular complexity index is 761. The number of methoxy groups -OCH3 is 1. The molecule has 1 amide bonds. The lowest BCUT2D eigenvalue weighted by Gasteiger charge is -2.09. The minimum atomic E-state index is -4.01. The first-order valence-corrected chi connectivity index (χ1v) is 7.75. The lowest BCUT2D eigenvalue weighted by molar-refractivity contribution is 0.177. The van der Waals surface area contributed by atoms with Gasteiger partial charge in [-0.3, -0.25) is 4.72 Å². The van der Waals surface area contributed by atoms with E-state index in [1.807, 2.05) is 18.2 Å². The van der Waals surface area contributed by atoms with Crippen molar-refractivity contribution in [3.8, 4) is 0 Å². The molecule has 0 aliphatic carbocycles. The molecule has 2 N–H and O–H groups in total. The number of benzene rings is 2. The maximum absolute atomic E-state index is 11.6. The van der Waals surface area contributed by atoms with E-state index in [2.05, 4.69) is 25.4 Å². The second kappa shape index (κ2) is 5.68. The van der Waals surface area contributed by atoms with Gasteiger partial charge in [0.25, 0.3) is 0 Å². The summed E-state index contributed by atoms with van der Waals surface area (Å²) in [6.45, 7) is 0. The summed E-state index contributed by atoms with van der Waals surface area (Å²) in [5.41, 5.74) is 0.344. The van der Waals surface area contributed by atoms with Crippen LogP contribution in [0, 0.1) is 0 Å².